The normalized spacial score (nSPS) is 18.9. The van der Waals surface area contributed by atoms with Crippen molar-refractivity contribution in [2.75, 3.05) is 32.7 Å². The van der Waals surface area contributed by atoms with Crippen LogP contribution in [0.15, 0.2) is 97.1 Å². The molecule has 5 atom stereocenters. The minimum Gasteiger partial charge on any atom is -0.508 e. The molecule has 0 radical (unpaired) electrons. The molecule has 2 saturated heterocycles. The van der Waals surface area contributed by atoms with E-state index in [-0.39, 0.29) is 43.9 Å². The maximum Gasteiger partial charge on any atom is 0.246 e. The average molecular weight is 941 g/mol. The maximum atomic E-state index is 14.5. The van der Waals surface area contributed by atoms with Gasteiger partial charge in [-0.3, -0.25) is 28.8 Å². The Kier molecular flexibility index (Phi) is 17.2. The van der Waals surface area contributed by atoms with Gasteiger partial charge < -0.3 is 47.2 Å². The van der Waals surface area contributed by atoms with E-state index in [1.165, 1.54) is 15.4 Å². The van der Waals surface area contributed by atoms with Crippen LogP contribution in [0.4, 0.5) is 0 Å². The lowest BCUT2D eigenvalue weighted by Crippen LogP contribution is -2.57. The monoisotopic (exact) mass is 941 g/mol. The van der Waals surface area contributed by atoms with Gasteiger partial charge in [0.25, 0.3) is 0 Å². The van der Waals surface area contributed by atoms with Gasteiger partial charge in [-0.15, -0.1) is 0 Å². The first-order chi connectivity index (χ1) is 33.2. The Hall–Kier alpha value is -6.58. The zero-order valence-corrected chi connectivity index (χ0v) is 39.9. The first kappa shape index (κ1) is 50.3. The highest BCUT2D eigenvalue weighted by Gasteiger charge is 2.40. The summed E-state index contributed by atoms with van der Waals surface area (Å²) in [5.41, 5.74) is 18.6. The molecule has 0 saturated carbocycles. The minimum atomic E-state index is -1.05. The van der Waals surface area contributed by atoms with Gasteiger partial charge in [0.1, 0.15) is 29.9 Å². The summed E-state index contributed by atoms with van der Waals surface area (Å²) in [6.45, 7) is 6.30. The molecule has 0 bridgehead atoms. The van der Waals surface area contributed by atoms with Crippen molar-refractivity contribution < 1.29 is 33.9 Å². The molecular formula is C54H68N8O7. The number of fused-ring (bicyclic) bond motifs is 1. The van der Waals surface area contributed by atoms with E-state index in [0.29, 0.717) is 31.7 Å². The summed E-state index contributed by atoms with van der Waals surface area (Å²) < 4.78 is 0. The van der Waals surface area contributed by atoms with Gasteiger partial charge in [-0.25, -0.2) is 0 Å². The second-order valence-corrected chi connectivity index (χ2v) is 19.2. The van der Waals surface area contributed by atoms with Crippen LogP contribution < -0.4 is 27.4 Å². The van der Waals surface area contributed by atoms with Gasteiger partial charge in [0, 0.05) is 25.9 Å². The van der Waals surface area contributed by atoms with E-state index in [9.17, 15) is 33.9 Å². The van der Waals surface area contributed by atoms with Gasteiger partial charge in [0.05, 0.1) is 12.6 Å². The molecular weight excluding hydrogens is 873 g/mol. The molecule has 7 rings (SSSR count). The van der Waals surface area contributed by atoms with Gasteiger partial charge in [-0.1, -0.05) is 84.9 Å². The highest BCUT2D eigenvalue weighted by atomic mass is 16.3. The van der Waals surface area contributed by atoms with E-state index >= 15 is 0 Å². The highest BCUT2D eigenvalue weighted by molar-refractivity contribution is 5.96. The van der Waals surface area contributed by atoms with Crippen LogP contribution in [0.3, 0.4) is 0 Å². The van der Waals surface area contributed by atoms with Crippen LogP contribution in [0.5, 0.6) is 5.75 Å². The standard InChI is InChI=1S/C54H68N8O7/c1-35-27-42(63)28-36(2)43(35)32-44(55)53(68)62-24-12-20-48(62)52(67)59-47-31-40-17-9-10-18-41(40)33-61(54(47)69)34-49(64)57-45(51(66)58-46(50(56)65)30-38-15-7-4-8-16-38)19-11-23-60-25-21-39(22-26-60)29-37-13-5-3-6-14-37/h3-10,13-18,27-28,39,44-48,63H,11-12,19-26,29-34,55H2,1-2H3,(H2,56,65)(H,57,64)(H,58,66)(H,59,67)/t44-,45-,46-,47-,48+/m0/s1. The van der Waals surface area contributed by atoms with Crippen LogP contribution in [0.25, 0.3) is 0 Å². The third kappa shape index (κ3) is 13.6. The van der Waals surface area contributed by atoms with Crippen molar-refractivity contribution >= 4 is 35.4 Å². The zero-order chi connectivity index (χ0) is 49.0. The van der Waals surface area contributed by atoms with Gasteiger partial charge in [0.15, 0.2) is 0 Å². The number of benzene rings is 4. The molecule has 3 aliphatic heterocycles. The number of piperidine rings is 1. The van der Waals surface area contributed by atoms with Crippen LogP contribution in [-0.2, 0) is 61.0 Å². The molecule has 6 amide bonds. The number of carbonyl (C=O) groups excluding carboxylic acids is 6. The van der Waals surface area contributed by atoms with Gasteiger partial charge >= 0.3 is 0 Å². The van der Waals surface area contributed by atoms with E-state index in [2.05, 4.69) is 45.1 Å². The van der Waals surface area contributed by atoms with E-state index in [4.69, 9.17) is 11.5 Å². The third-order valence-electron chi connectivity index (χ3n) is 14.1. The molecule has 366 valence electrons. The Balaban J connectivity index is 1.01. The molecule has 15 nitrogen and oxygen atoms in total. The first-order valence-corrected chi connectivity index (χ1v) is 24.4. The first-order valence-electron chi connectivity index (χ1n) is 24.4. The van der Waals surface area contributed by atoms with Crippen molar-refractivity contribution in [2.45, 2.75) is 115 Å². The Morgan fingerprint density at radius 3 is 2.09 bits per heavy atom. The number of nitrogens with zero attached hydrogens (tertiary/aromatic N) is 3. The van der Waals surface area contributed by atoms with Crippen molar-refractivity contribution in [3.8, 4) is 5.75 Å². The van der Waals surface area contributed by atoms with Gasteiger partial charge in [0.2, 0.25) is 35.4 Å². The highest BCUT2D eigenvalue weighted by Crippen LogP contribution is 2.26. The molecule has 15 heteroatoms. The van der Waals surface area contributed by atoms with Crippen LogP contribution in [0.2, 0.25) is 0 Å². The van der Waals surface area contributed by atoms with E-state index in [1.807, 2.05) is 74.5 Å². The Morgan fingerprint density at radius 1 is 0.783 bits per heavy atom. The number of amides is 6. The lowest BCUT2D eigenvalue weighted by Gasteiger charge is -2.32. The number of hydrogen-bond donors (Lipinski definition) is 6. The van der Waals surface area contributed by atoms with E-state index in [0.717, 1.165) is 72.3 Å². The molecule has 3 heterocycles. The van der Waals surface area contributed by atoms with Crippen molar-refractivity contribution in [3.63, 3.8) is 0 Å². The smallest absolute Gasteiger partial charge is 0.246 e. The fourth-order valence-corrected chi connectivity index (χ4v) is 10.3. The van der Waals surface area contributed by atoms with Crippen molar-refractivity contribution in [1.29, 1.82) is 0 Å². The summed E-state index contributed by atoms with van der Waals surface area (Å²) in [5.74, 6) is -2.43. The summed E-state index contributed by atoms with van der Waals surface area (Å²) in [6.07, 6.45) is 5.59. The second kappa shape index (κ2) is 23.6. The topological polar surface area (TPSA) is 220 Å². The second-order valence-electron chi connectivity index (χ2n) is 19.2. The number of carbonyl (C=O) groups is 6. The van der Waals surface area contributed by atoms with Gasteiger partial charge in [-0.2, -0.15) is 0 Å². The van der Waals surface area contributed by atoms with Crippen LogP contribution in [0.1, 0.15) is 77.5 Å². The van der Waals surface area contributed by atoms with E-state index < -0.39 is 66.3 Å². The van der Waals surface area contributed by atoms with Crippen molar-refractivity contribution in [1.82, 2.24) is 30.7 Å². The predicted octanol–water partition coefficient (Wildman–Crippen LogP) is 3.37. The van der Waals surface area contributed by atoms with Crippen molar-refractivity contribution in [2.24, 2.45) is 17.4 Å². The molecule has 4 aromatic carbocycles. The maximum absolute atomic E-state index is 14.5. The number of hydrogen-bond acceptors (Lipinski definition) is 9. The minimum absolute atomic E-state index is 0.0890. The predicted molar refractivity (Wildman–Crippen MR) is 263 cm³/mol. The molecule has 0 unspecified atom stereocenters. The quantitative estimate of drug-likeness (QED) is 0.0811. The molecule has 3 aliphatic rings. The van der Waals surface area contributed by atoms with Crippen molar-refractivity contribution in [3.05, 3.63) is 136 Å². The Bertz CT molecular complexity index is 2420. The third-order valence-corrected chi connectivity index (χ3v) is 14.1. The summed E-state index contributed by atoms with van der Waals surface area (Å²) in [7, 11) is 0. The summed E-state index contributed by atoms with van der Waals surface area (Å²) in [6, 6.07) is 25.6. The SMILES string of the molecule is Cc1cc(O)cc(C)c1C[C@H](N)C(=O)N1CCC[C@@H]1C(=O)N[C@H]1Cc2ccccc2CN(CC(=O)N[C@@H](CCCN2CCC(Cc3ccccc3)CC2)C(=O)N[C@@H](Cc2ccccc2)C(N)=O)C1=O. The molecule has 0 spiro atoms. The number of aromatic hydroxyl groups is 1. The Morgan fingerprint density at radius 2 is 1.42 bits per heavy atom. The van der Waals surface area contributed by atoms with E-state index in [1.54, 1.807) is 12.1 Å². The van der Waals surface area contributed by atoms with Crippen LogP contribution >= 0.6 is 0 Å². The Labute approximate surface area is 405 Å². The molecule has 4 aromatic rings. The molecule has 2 fully saturated rings. The number of aryl methyl sites for hydroxylation is 2. The lowest BCUT2D eigenvalue weighted by atomic mass is 9.90. The molecule has 8 N–H and O–H groups in total. The van der Waals surface area contributed by atoms with Crippen LogP contribution in [-0.4, -0.2) is 118 Å². The number of phenolic OH excluding ortho intramolecular Hbond substituents is 1. The number of primary amides is 1. The summed E-state index contributed by atoms with van der Waals surface area (Å²) in [5, 5.41) is 18.7. The molecule has 0 aliphatic carbocycles. The molecule has 69 heavy (non-hydrogen) atoms. The lowest BCUT2D eigenvalue weighted by molar-refractivity contribution is -0.143. The van der Waals surface area contributed by atoms with Crippen LogP contribution in [0, 0.1) is 19.8 Å². The average Bonchev–Trinajstić information content (AvgIpc) is 3.79. The largest absolute Gasteiger partial charge is 0.508 e. The number of nitrogens with one attached hydrogen (secondary N) is 3. The number of rotatable bonds is 19. The summed E-state index contributed by atoms with van der Waals surface area (Å²) >= 11 is 0. The summed E-state index contributed by atoms with van der Waals surface area (Å²) in [4.78, 5) is 88.6. The zero-order valence-electron chi connectivity index (χ0n) is 39.9. The fraction of sp³-hybridized carbons (Fsp3) is 0.444. The number of phenols is 1. The molecule has 0 aromatic heterocycles. The fourth-order valence-electron chi connectivity index (χ4n) is 10.3. The number of likely N-dealkylation sites (tertiary alicyclic amines) is 2. The van der Waals surface area contributed by atoms with Gasteiger partial charge in [-0.05, 0) is 142 Å². The number of nitrogens with two attached hydrogens (primary N) is 2.